The van der Waals surface area contributed by atoms with Crippen LogP contribution < -0.4 is 4.18 Å². The third kappa shape index (κ3) is 2.11. The number of hydrogen-bond donors (Lipinski definition) is 1. The summed E-state index contributed by atoms with van der Waals surface area (Å²) < 4.78 is 59.2. The third-order valence-corrected chi connectivity index (χ3v) is 1.89. The average molecular weight is 216 g/mol. The molecule has 0 aromatic carbocycles. The molecular weight excluding hydrogens is 213 g/mol. The molecule has 0 atom stereocenters. The lowest BCUT2D eigenvalue weighted by Gasteiger charge is -2.05. The molecule has 0 radical (unpaired) electrons. The number of aromatic nitrogens is 2. The predicted octanol–water partition coefficient (Wildman–Crippen LogP) is 0.638. The molecule has 1 rings (SSSR count). The Hall–Kier alpha value is -1.25. The molecule has 9 heteroatoms. The van der Waals surface area contributed by atoms with Crippen molar-refractivity contribution in [3.05, 3.63) is 12.4 Å². The fourth-order valence-electron chi connectivity index (χ4n) is 0.448. The van der Waals surface area contributed by atoms with Gasteiger partial charge in [0, 0.05) is 12.4 Å². The normalized spacial score (nSPS) is 12.8. The Kier molecular flexibility index (Phi) is 2.20. The van der Waals surface area contributed by atoms with Gasteiger partial charge in [-0.3, -0.25) is 0 Å². The Morgan fingerprint density at radius 3 is 2.46 bits per heavy atom. The van der Waals surface area contributed by atoms with E-state index in [9.17, 15) is 21.6 Å². The van der Waals surface area contributed by atoms with E-state index in [1.165, 1.54) is 0 Å². The molecule has 0 saturated carbocycles. The Labute approximate surface area is 70.7 Å². The van der Waals surface area contributed by atoms with Crippen LogP contribution in [-0.2, 0) is 10.1 Å². The zero-order valence-electron chi connectivity index (χ0n) is 5.87. The van der Waals surface area contributed by atoms with Crippen LogP contribution in [0.15, 0.2) is 12.4 Å². The van der Waals surface area contributed by atoms with Gasteiger partial charge in [-0.05, 0) is 0 Å². The third-order valence-electron chi connectivity index (χ3n) is 0.945. The molecule has 1 aromatic heterocycles. The molecule has 0 amide bonds. The summed E-state index contributed by atoms with van der Waals surface area (Å²) in [5.74, 6) is 0. The second-order valence-corrected chi connectivity index (χ2v) is 3.42. The van der Waals surface area contributed by atoms with Crippen LogP contribution in [0, 0.1) is 0 Å². The minimum Gasteiger partial charge on any atom is -0.339 e. The van der Waals surface area contributed by atoms with E-state index >= 15 is 0 Å². The lowest BCUT2D eigenvalue weighted by molar-refractivity contribution is -0.0502. The smallest absolute Gasteiger partial charge is 0.339 e. The number of hydrogen-bond acceptors (Lipinski definition) is 4. The molecule has 0 saturated heterocycles. The van der Waals surface area contributed by atoms with Crippen LogP contribution in [0.2, 0.25) is 0 Å². The molecule has 0 aliphatic heterocycles. The number of nitrogens with one attached hydrogen (secondary N) is 1. The largest absolute Gasteiger partial charge is 0.534 e. The van der Waals surface area contributed by atoms with Crippen molar-refractivity contribution in [1.82, 2.24) is 9.97 Å². The predicted molar refractivity (Wildman–Crippen MR) is 34.2 cm³/mol. The summed E-state index contributed by atoms with van der Waals surface area (Å²) in [4.78, 5) is 5.21. The average Bonchev–Trinajstić information content (AvgIpc) is 2.35. The van der Waals surface area contributed by atoms with Gasteiger partial charge < -0.3 is 9.17 Å². The Morgan fingerprint density at radius 2 is 2.08 bits per heavy atom. The topological polar surface area (TPSA) is 72.1 Å². The molecule has 0 spiro atoms. The standard InChI is InChI=1S/C4H3F3N2O3S/c5-4(6,7)13(10,11)12-3-8-1-2-9-3/h1-2H,(H,8,9). The van der Waals surface area contributed by atoms with Crippen molar-refractivity contribution in [3.8, 4) is 6.01 Å². The van der Waals surface area contributed by atoms with Gasteiger partial charge in [-0.2, -0.15) is 21.6 Å². The maximum atomic E-state index is 11.7. The molecular formula is C4H3F3N2O3S. The summed E-state index contributed by atoms with van der Waals surface area (Å²) in [5, 5.41) is 0. The lowest BCUT2D eigenvalue weighted by Crippen LogP contribution is -2.28. The first-order valence-corrected chi connectivity index (χ1v) is 4.24. The van der Waals surface area contributed by atoms with Crippen molar-refractivity contribution < 1.29 is 25.8 Å². The highest BCUT2D eigenvalue weighted by Gasteiger charge is 2.49. The molecule has 1 N–H and O–H groups in total. The molecule has 13 heavy (non-hydrogen) atoms. The van der Waals surface area contributed by atoms with Crippen molar-refractivity contribution >= 4 is 10.1 Å². The van der Waals surface area contributed by atoms with Crippen molar-refractivity contribution in [2.45, 2.75) is 5.51 Å². The number of nitrogens with zero attached hydrogens (tertiary/aromatic N) is 1. The molecule has 5 nitrogen and oxygen atoms in total. The van der Waals surface area contributed by atoms with Gasteiger partial charge in [0.05, 0.1) is 0 Å². The van der Waals surface area contributed by atoms with E-state index in [4.69, 9.17) is 0 Å². The summed E-state index contributed by atoms with van der Waals surface area (Å²) in [7, 11) is -5.61. The van der Waals surface area contributed by atoms with Crippen LogP contribution in [0.25, 0.3) is 0 Å². The number of rotatable bonds is 2. The van der Waals surface area contributed by atoms with Crippen LogP contribution in [0.1, 0.15) is 0 Å². The summed E-state index contributed by atoms with van der Waals surface area (Å²) in [6.45, 7) is 0. The zero-order chi connectivity index (χ0) is 10.1. The maximum Gasteiger partial charge on any atom is 0.534 e. The van der Waals surface area contributed by atoms with Crippen LogP contribution in [0.5, 0.6) is 6.01 Å². The first-order valence-electron chi connectivity index (χ1n) is 2.83. The molecule has 0 bridgehead atoms. The number of H-pyrrole nitrogens is 1. The Balaban J connectivity index is 2.87. The van der Waals surface area contributed by atoms with Gasteiger partial charge in [-0.1, -0.05) is 0 Å². The minimum absolute atomic E-state index is 0.725. The fourth-order valence-corrected chi connectivity index (χ4v) is 0.841. The summed E-state index contributed by atoms with van der Waals surface area (Å²) in [6, 6.07) is -0.725. The van der Waals surface area contributed by atoms with Crippen LogP contribution in [0.4, 0.5) is 13.2 Å². The molecule has 0 fully saturated rings. The Morgan fingerprint density at radius 1 is 1.46 bits per heavy atom. The van der Waals surface area contributed by atoms with Gasteiger partial charge in [0.2, 0.25) is 0 Å². The summed E-state index contributed by atoms with van der Waals surface area (Å²) in [6.07, 6.45) is 2.18. The van der Waals surface area contributed by atoms with Crippen molar-refractivity contribution in [3.63, 3.8) is 0 Å². The van der Waals surface area contributed by atoms with Gasteiger partial charge >= 0.3 is 21.6 Å². The number of halogens is 3. The molecule has 0 unspecified atom stereocenters. The summed E-state index contributed by atoms with van der Waals surface area (Å²) in [5.41, 5.74) is -5.44. The molecule has 0 aliphatic rings. The van der Waals surface area contributed by atoms with Gasteiger partial charge in [0.15, 0.2) is 0 Å². The fraction of sp³-hybridized carbons (Fsp3) is 0.250. The highest BCUT2D eigenvalue weighted by Crippen LogP contribution is 2.24. The van der Waals surface area contributed by atoms with E-state index in [0.29, 0.717) is 0 Å². The van der Waals surface area contributed by atoms with Crippen molar-refractivity contribution in [2.24, 2.45) is 0 Å². The molecule has 1 heterocycles. The van der Waals surface area contributed by atoms with Crippen molar-refractivity contribution in [2.75, 3.05) is 0 Å². The van der Waals surface area contributed by atoms with E-state index < -0.39 is 21.6 Å². The molecule has 1 aromatic rings. The minimum atomic E-state index is -5.61. The SMILES string of the molecule is O=S(=O)(Oc1ncc[nH]1)C(F)(F)F. The van der Waals surface area contributed by atoms with Gasteiger partial charge in [-0.15, -0.1) is 0 Å². The highest BCUT2D eigenvalue weighted by atomic mass is 32.2. The van der Waals surface area contributed by atoms with Crippen molar-refractivity contribution in [1.29, 1.82) is 0 Å². The van der Waals surface area contributed by atoms with E-state index in [2.05, 4.69) is 14.2 Å². The van der Waals surface area contributed by atoms with Crippen LogP contribution in [0.3, 0.4) is 0 Å². The summed E-state index contributed by atoms with van der Waals surface area (Å²) >= 11 is 0. The zero-order valence-corrected chi connectivity index (χ0v) is 6.69. The second kappa shape index (κ2) is 2.91. The maximum absolute atomic E-state index is 11.7. The molecule has 0 aliphatic carbocycles. The molecule has 74 valence electrons. The first kappa shape index (κ1) is 9.84. The number of imidazole rings is 1. The van der Waals surface area contributed by atoms with E-state index in [-0.39, 0.29) is 0 Å². The monoisotopic (exact) mass is 216 g/mol. The van der Waals surface area contributed by atoms with E-state index in [0.717, 1.165) is 12.4 Å². The van der Waals surface area contributed by atoms with Crippen LogP contribution >= 0.6 is 0 Å². The first-order chi connectivity index (χ1) is 5.83. The van der Waals surface area contributed by atoms with Gasteiger partial charge in [0.1, 0.15) is 0 Å². The quantitative estimate of drug-likeness (QED) is 0.581. The van der Waals surface area contributed by atoms with E-state index in [1.54, 1.807) is 0 Å². The van der Waals surface area contributed by atoms with Gasteiger partial charge in [0.25, 0.3) is 0 Å². The second-order valence-electron chi connectivity index (χ2n) is 1.88. The number of aromatic amines is 1. The van der Waals surface area contributed by atoms with Gasteiger partial charge in [-0.25, -0.2) is 4.98 Å². The highest BCUT2D eigenvalue weighted by molar-refractivity contribution is 7.87. The number of alkyl halides is 3. The Bertz CT molecular complexity index is 368. The van der Waals surface area contributed by atoms with Crippen LogP contribution in [-0.4, -0.2) is 23.9 Å². The lowest BCUT2D eigenvalue weighted by atomic mass is 11.0. The van der Waals surface area contributed by atoms with E-state index in [1.807, 2.05) is 0 Å².